The van der Waals surface area contributed by atoms with Crippen LogP contribution in [0, 0.1) is 0 Å². The van der Waals surface area contributed by atoms with Crippen LogP contribution in [0.25, 0.3) is 10.2 Å². The van der Waals surface area contributed by atoms with Gasteiger partial charge in [-0.05, 0) is 37.1 Å². The summed E-state index contributed by atoms with van der Waals surface area (Å²) in [6, 6.07) is 18.0. The Bertz CT molecular complexity index is 850. The standard InChI is InChI=1S/C22H26N4S/c1-2-3-4-5-6-12-17-23-26-21(24-18-13-8-7-9-14-18)22-25-19-15-10-11-16-20(19)27-22/h7-11,13-17H,2-6,12H2,1H3,(H,24,26)/b23-17+. The molecule has 2 aromatic carbocycles. The summed E-state index contributed by atoms with van der Waals surface area (Å²) in [7, 11) is 0. The molecule has 3 aromatic rings. The fraction of sp³-hybridized carbons (Fsp3) is 0.318. The van der Waals surface area contributed by atoms with E-state index < -0.39 is 0 Å². The van der Waals surface area contributed by atoms with Crippen molar-refractivity contribution < 1.29 is 0 Å². The van der Waals surface area contributed by atoms with Gasteiger partial charge in [0.1, 0.15) is 0 Å². The largest absolute Gasteiger partial charge is 0.259 e. The Hall–Kier alpha value is -2.53. The van der Waals surface area contributed by atoms with Gasteiger partial charge in [0.25, 0.3) is 0 Å². The maximum Gasteiger partial charge on any atom is 0.183 e. The first kappa shape index (κ1) is 19.2. The third-order valence-electron chi connectivity index (χ3n) is 4.19. The van der Waals surface area contributed by atoms with E-state index in [0.717, 1.165) is 27.3 Å². The minimum atomic E-state index is 0.685. The van der Waals surface area contributed by atoms with Crippen LogP contribution < -0.4 is 5.43 Å². The summed E-state index contributed by atoms with van der Waals surface area (Å²) in [5, 5.41) is 5.24. The molecule has 1 N–H and O–H groups in total. The van der Waals surface area contributed by atoms with Crippen LogP contribution in [0.15, 0.2) is 64.7 Å². The van der Waals surface area contributed by atoms with Gasteiger partial charge >= 0.3 is 0 Å². The van der Waals surface area contributed by atoms with Crippen molar-refractivity contribution in [2.24, 2.45) is 10.1 Å². The SMILES string of the molecule is CCCCCCC/C=N/NC(=Nc1ccccc1)c1nc2ccccc2s1. The van der Waals surface area contributed by atoms with E-state index in [2.05, 4.69) is 23.5 Å². The molecule has 0 fully saturated rings. The number of hydrogen-bond donors (Lipinski definition) is 1. The number of rotatable bonds is 9. The van der Waals surface area contributed by atoms with E-state index in [0.29, 0.717) is 5.84 Å². The second kappa shape index (κ2) is 10.6. The van der Waals surface area contributed by atoms with Gasteiger partial charge in [-0.25, -0.2) is 9.98 Å². The summed E-state index contributed by atoms with van der Waals surface area (Å²) in [4.78, 5) is 9.43. The van der Waals surface area contributed by atoms with Crippen molar-refractivity contribution in [1.29, 1.82) is 0 Å². The van der Waals surface area contributed by atoms with Crippen molar-refractivity contribution in [1.82, 2.24) is 10.4 Å². The summed E-state index contributed by atoms with van der Waals surface area (Å²) in [6.45, 7) is 2.24. The molecule has 4 nitrogen and oxygen atoms in total. The number of unbranched alkanes of at least 4 members (excludes halogenated alkanes) is 5. The number of fused-ring (bicyclic) bond motifs is 1. The fourth-order valence-electron chi connectivity index (χ4n) is 2.74. The van der Waals surface area contributed by atoms with Gasteiger partial charge in [0.15, 0.2) is 10.8 Å². The van der Waals surface area contributed by atoms with Gasteiger partial charge in [0.2, 0.25) is 0 Å². The normalized spacial score (nSPS) is 12.1. The average molecular weight is 379 g/mol. The number of hydrogen-bond acceptors (Lipinski definition) is 4. The summed E-state index contributed by atoms with van der Waals surface area (Å²) in [5.74, 6) is 0.685. The number of nitrogens with zero attached hydrogens (tertiary/aromatic N) is 3. The minimum Gasteiger partial charge on any atom is -0.259 e. The van der Waals surface area contributed by atoms with E-state index in [1.807, 2.05) is 54.7 Å². The molecule has 27 heavy (non-hydrogen) atoms. The summed E-state index contributed by atoms with van der Waals surface area (Å²) in [6.07, 6.45) is 9.28. The molecule has 0 amide bonds. The lowest BCUT2D eigenvalue weighted by Crippen LogP contribution is -2.18. The number of benzene rings is 2. The van der Waals surface area contributed by atoms with Gasteiger partial charge in [-0.15, -0.1) is 11.3 Å². The molecule has 140 valence electrons. The van der Waals surface area contributed by atoms with Crippen molar-refractivity contribution >= 4 is 39.3 Å². The molecule has 0 radical (unpaired) electrons. The number of nitrogens with one attached hydrogen (secondary N) is 1. The maximum absolute atomic E-state index is 4.72. The zero-order chi connectivity index (χ0) is 18.7. The lowest BCUT2D eigenvalue weighted by molar-refractivity contribution is 0.644. The molecule has 3 rings (SSSR count). The van der Waals surface area contributed by atoms with Crippen LogP contribution in [0.4, 0.5) is 5.69 Å². The Kier molecular flexibility index (Phi) is 7.54. The molecule has 0 bridgehead atoms. The van der Waals surface area contributed by atoms with Gasteiger partial charge in [-0.3, -0.25) is 5.43 Å². The topological polar surface area (TPSA) is 49.6 Å². The van der Waals surface area contributed by atoms with Gasteiger partial charge in [0.05, 0.1) is 15.9 Å². The monoisotopic (exact) mass is 378 g/mol. The van der Waals surface area contributed by atoms with E-state index in [9.17, 15) is 0 Å². The Morgan fingerprint density at radius 1 is 1.00 bits per heavy atom. The fourth-order valence-corrected chi connectivity index (χ4v) is 3.64. The first-order valence-electron chi connectivity index (χ1n) is 9.64. The second-order valence-corrected chi connectivity index (χ2v) is 7.44. The van der Waals surface area contributed by atoms with Crippen molar-refractivity contribution in [2.75, 3.05) is 0 Å². The van der Waals surface area contributed by atoms with Crippen molar-refractivity contribution in [2.45, 2.75) is 45.4 Å². The second-order valence-electron chi connectivity index (χ2n) is 6.41. The van der Waals surface area contributed by atoms with E-state index >= 15 is 0 Å². The molecule has 0 atom stereocenters. The first-order valence-corrected chi connectivity index (χ1v) is 10.5. The molecule has 0 unspecified atom stereocenters. The Balaban J connectivity index is 1.70. The predicted molar refractivity (Wildman–Crippen MR) is 117 cm³/mol. The van der Waals surface area contributed by atoms with Crippen LogP contribution in [-0.4, -0.2) is 17.0 Å². The van der Waals surface area contributed by atoms with E-state index in [1.165, 1.54) is 32.1 Å². The Morgan fingerprint density at radius 3 is 2.59 bits per heavy atom. The number of hydrazone groups is 1. The molecule has 5 heteroatoms. The molecule has 0 aliphatic carbocycles. The third-order valence-corrected chi connectivity index (χ3v) is 5.24. The van der Waals surface area contributed by atoms with Gasteiger partial charge < -0.3 is 0 Å². The molecule has 0 spiro atoms. The summed E-state index contributed by atoms with van der Waals surface area (Å²) in [5.41, 5.74) is 4.98. The lowest BCUT2D eigenvalue weighted by Gasteiger charge is -2.03. The molecule has 0 aliphatic rings. The van der Waals surface area contributed by atoms with Crippen molar-refractivity contribution in [3.8, 4) is 0 Å². The Morgan fingerprint density at radius 2 is 1.78 bits per heavy atom. The predicted octanol–water partition coefficient (Wildman–Crippen LogP) is 6.31. The molecule has 0 saturated carbocycles. The number of aliphatic imine (C=N–C) groups is 1. The van der Waals surface area contributed by atoms with Crippen molar-refractivity contribution in [3.63, 3.8) is 0 Å². The van der Waals surface area contributed by atoms with Crippen LogP contribution in [-0.2, 0) is 0 Å². The quantitative estimate of drug-likeness (QED) is 0.205. The highest BCUT2D eigenvalue weighted by Gasteiger charge is 2.10. The van der Waals surface area contributed by atoms with Crippen molar-refractivity contribution in [3.05, 3.63) is 59.6 Å². The number of aromatic nitrogens is 1. The summed E-state index contributed by atoms with van der Waals surface area (Å²) >= 11 is 1.62. The minimum absolute atomic E-state index is 0.685. The van der Waals surface area contributed by atoms with Crippen LogP contribution in [0.3, 0.4) is 0 Å². The van der Waals surface area contributed by atoms with E-state index in [1.54, 1.807) is 11.3 Å². The first-order chi connectivity index (χ1) is 13.4. The number of para-hydroxylation sites is 2. The summed E-state index contributed by atoms with van der Waals surface area (Å²) < 4.78 is 1.15. The highest BCUT2D eigenvalue weighted by Crippen LogP contribution is 2.23. The third kappa shape index (κ3) is 6.00. The van der Waals surface area contributed by atoms with Crippen LogP contribution >= 0.6 is 11.3 Å². The zero-order valence-electron chi connectivity index (χ0n) is 15.8. The smallest absolute Gasteiger partial charge is 0.183 e. The van der Waals surface area contributed by atoms with Crippen LogP contribution in [0.1, 0.15) is 50.5 Å². The number of thiazole rings is 1. The molecular weight excluding hydrogens is 352 g/mol. The van der Waals surface area contributed by atoms with Crippen LogP contribution in [0.2, 0.25) is 0 Å². The van der Waals surface area contributed by atoms with Gasteiger partial charge in [-0.1, -0.05) is 62.9 Å². The average Bonchev–Trinajstić information content (AvgIpc) is 3.14. The van der Waals surface area contributed by atoms with E-state index in [4.69, 9.17) is 9.98 Å². The van der Waals surface area contributed by atoms with Gasteiger partial charge in [0, 0.05) is 6.21 Å². The van der Waals surface area contributed by atoms with Gasteiger partial charge in [-0.2, -0.15) is 5.10 Å². The maximum atomic E-state index is 4.72. The molecule has 0 saturated heterocycles. The number of amidine groups is 1. The molecular formula is C22H26N4S. The lowest BCUT2D eigenvalue weighted by atomic mass is 10.1. The Labute approximate surface area is 165 Å². The molecule has 0 aliphatic heterocycles. The van der Waals surface area contributed by atoms with Crippen LogP contribution in [0.5, 0.6) is 0 Å². The molecule has 1 aromatic heterocycles. The van der Waals surface area contributed by atoms with E-state index in [-0.39, 0.29) is 0 Å². The molecule has 1 heterocycles. The highest BCUT2D eigenvalue weighted by molar-refractivity contribution is 7.20. The highest BCUT2D eigenvalue weighted by atomic mass is 32.1. The zero-order valence-corrected chi connectivity index (χ0v) is 16.6.